The zero-order valence-electron chi connectivity index (χ0n) is 12.0. The molecule has 2 rings (SSSR count). The number of alkyl halides is 1. The van der Waals surface area contributed by atoms with Crippen LogP contribution < -0.4 is 0 Å². The molecule has 0 heterocycles. The van der Waals surface area contributed by atoms with E-state index in [9.17, 15) is 4.79 Å². The van der Waals surface area contributed by atoms with Crippen LogP contribution in [0.15, 0.2) is 48.5 Å². The van der Waals surface area contributed by atoms with Gasteiger partial charge in [0.2, 0.25) is 0 Å². The van der Waals surface area contributed by atoms with E-state index in [-0.39, 0.29) is 11.9 Å². The Morgan fingerprint density at radius 2 is 1.90 bits per heavy atom. The van der Waals surface area contributed by atoms with Gasteiger partial charge in [-0.3, -0.25) is 4.79 Å². The van der Waals surface area contributed by atoms with Crippen molar-refractivity contribution in [3.63, 3.8) is 0 Å². The largest absolute Gasteiger partial charge is 0.335 e. The molecule has 1 unspecified atom stereocenters. The van der Waals surface area contributed by atoms with Crippen molar-refractivity contribution in [1.29, 1.82) is 0 Å². The third-order valence-corrected chi connectivity index (χ3v) is 4.10. The van der Waals surface area contributed by atoms with E-state index < -0.39 is 0 Å². The first kappa shape index (κ1) is 15.9. The number of hydrogen-bond acceptors (Lipinski definition) is 1. The van der Waals surface area contributed by atoms with Crippen molar-refractivity contribution in [3.05, 3.63) is 70.2 Å². The third-order valence-electron chi connectivity index (χ3n) is 3.56. The Balaban J connectivity index is 2.22. The van der Waals surface area contributed by atoms with Crippen molar-refractivity contribution >= 4 is 29.1 Å². The number of rotatable bonds is 4. The lowest BCUT2D eigenvalue weighted by Crippen LogP contribution is -2.29. The summed E-state index contributed by atoms with van der Waals surface area (Å²) in [6, 6.07) is 14.9. The van der Waals surface area contributed by atoms with Crippen molar-refractivity contribution in [2.45, 2.75) is 18.8 Å². The van der Waals surface area contributed by atoms with Crippen LogP contribution in [0.25, 0.3) is 0 Å². The highest BCUT2D eigenvalue weighted by Gasteiger charge is 2.19. The molecule has 21 heavy (non-hydrogen) atoms. The molecule has 0 N–H and O–H groups in total. The summed E-state index contributed by atoms with van der Waals surface area (Å²) < 4.78 is 0. The molecule has 0 aromatic heterocycles. The molecule has 1 amide bonds. The minimum atomic E-state index is -0.0594. The van der Waals surface area contributed by atoms with Gasteiger partial charge in [0.05, 0.1) is 6.04 Å². The molecular weight excluding hydrogens is 305 g/mol. The number of carbonyl (C=O) groups excluding carboxylic acids is 1. The van der Waals surface area contributed by atoms with Crippen molar-refractivity contribution < 1.29 is 4.79 Å². The highest BCUT2D eigenvalue weighted by Crippen LogP contribution is 2.23. The fraction of sp³-hybridized carbons (Fsp3) is 0.235. The molecule has 0 aliphatic rings. The number of hydrogen-bond donors (Lipinski definition) is 0. The van der Waals surface area contributed by atoms with Gasteiger partial charge in [-0.1, -0.05) is 35.9 Å². The van der Waals surface area contributed by atoms with E-state index in [4.69, 9.17) is 23.2 Å². The Labute approximate surface area is 135 Å². The van der Waals surface area contributed by atoms with Crippen molar-refractivity contribution in [1.82, 2.24) is 4.90 Å². The second kappa shape index (κ2) is 6.97. The summed E-state index contributed by atoms with van der Waals surface area (Å²) in [6.07, 6.45) is 0. The number of halogens is 2. The Morgan fingerprint density at radius 3 is 2.57 bits per heavy atom. The Morgan fingerprint density at radius 1 is 1.19 bits per heavy atom. The van der Waals surface area contributed by atoms with E-state index in [1.165, 1.54) is 0 Å². The molecule has 4 heteroatoms. The monoisotopic (exact) mass is 321 g/mol. The fourth-order valence-corrected chi connectivity index (χ4v) is 2.52. The molecule has 2 nitrogen and oxygen atoms in total. The average Bonchev–Trinajstić information content (AvgIpc) is 2.52. The first-order chi connectivity index (χ1) is 10.0. The predicted octanol–water partition coefficient (Wildman–Crippen LogP) is 4.91. The normalized spacial score (nSPS) is 12.0. The van der Waals surface area contributed by atoms with Gasteiger partial charge in [-0.2, -0.15) is 0 Å². The summed E-state index contributed by atoms with van der Waals surface area (Å²) >= 11 is 11.8. The van der Waals surface area contributed by atoms with Gasteiger partial charge in [0.25, 0.3) is 5.91 Å². The molecule has 0 saturated heterocycles. The van der Waals surface area contributed by atoms with E-state index >= 15 is 0 Å². The highest BCUT2D eigenvalue weighted by molar-refractivity contribution is 6.30. The summed E-state index contributed by atoms with van der Waals surface area (Å²) in [6.45, 7) is 1.98. The first-order valence-corrected chi connectivity index (χ1v) is 7.61. The Hall–Kier alpha value is -1.51. The number of benzene rings is 2. The van der Waals surface area contributed by atoms with Gasteiger partial charge in [-0.25, -0.2) is 0 Å². The topological polar surface area (TPSA) is 20.3 Å². The van der Waals surface area contributed by atoms with Gasteiger partial charge in [0.1, 0.15) is 0 Å². The second-order valence-electron chi connectivity index (χ2n) is 4.98. The zero-order valence-corrected chi connectivity index (χ0v) is 13.5. The fourth-order valence-electron chi connectivity index (χ4n) is 2.16. The van der Waals surface area contributed by atoms with Crippen LogP contribution in [-0.2, 0) is 5.88 Å². The molecule has 2 aromatic carbocycles. The molecule has 0 spiro atoms. The molecule has 110 valence electrons. The van der Waals surface area contributed by atoms with E-state index in [1.807, 2.05) is 49.4 Å². The summed E-state index contributed by atoms with van der Waals surface area (Å²) in [5.74, 6) is 0.365. The van der Waals surface area contributed by atoms with E-state index in [1.54, 1.807) is 18.0 Å². The van der Waals surface area contributed by atoms with Crippen LogP contribution >= 0.6 is 23.2 Å². The molecule has 1 atom stereocenters. The first-order valence-electron chi connectivity index (χ1n) is 6.70. The minimum absolute atomic E-state index is 0.0329. The molecule has 0 saturated carbocycles. The standard InChI is InChI=1S/C17H17Cl2NO/c1-12(14-6-4-8-16(19)10-14)20(2)17(21)15-7-3-5-13(9-15)11-18/h3-10,12H,11H2,1-2H3. The molecule has 0 bridgehead atoms. The number of amides is 1. The van der Waals surface area contributed by atoms with Gasteiger partial charge in [0, 0.05) is 23.5 Å². The lowest BCUT2D eigenvalue weighted by atomic mass is 10.1. The Bertz CT molecular complexity index is 642. The maximum atomic E-state index is 12.6. The van der Waals surface area contributed by atoms with Gasteiger partial charge < -0.3 is 4.90 Å². The quantitative estimate of drug-likeness (QED) is 0.732. The molecule has 0 fully saturated rings. The summed E-state index contributed by atoms with van der Waals surface area (Å²) in [5, 5.41) is 0.671. The summed E-state index contributed by atoms with van der Waals surface area (Å²) in [4.78, 5) is 14.3. The van der Waals surface area contributed by atoms with Crippen LogP contribution in [0.1, 0.15) is 34.5 Å². The van der Waals surface area contributed by atoms with E-state index in [2.05, 4.69) is 0 Å². The summed E-state index contributed by atoms with van der Waals surface area (Å²) in [7, 11) is 1.79. The maximum Gasteiger partial charge on any atom is 0.254 e. The second-order valence-corrected chi connectivity index (χ2v) is 5.68. The molecule has 0 radical (unpaired) electrons. The van der Waals surface area contributed by atoms with Crippen LogP contribution in [0.2, 0.25) is 5.02 Å². The van der Waals surface area contributed by atoms with Crippen molar-refractivity contribution in [2.75, 3.05) is 7.05 Å². The van der Waals surface area contributed by atoms with E-state index in [0.717, 1.165) is 11.1 Å². The average molecular weight is 322 g/mol. The molecular formula is C17H17Cl2NO. The van der Waals surface area contributed by atoms with Crippen molar-refractivity contribution in [3.8, 4) is 0 Å². The summed E-state index contributed by atoms with van der Waals surface area (Å²) in [5.41, 5.74) is 2.59. The van der Waals surface area contributed by atoms with Crippen LogP contribution in [0, 0.1) is 0 Å². The SMILES string of the molecule is CC(c1cccc(Cl)c1)N(C)C(=O)c1cccc(CCl)c1. The molecule has 2 aromatic rings. The third kappa shape index (κ3) is 3.78. The smallest absolute Gasteiger partial charge is 0.254 e. The maximum absolute atomic E-state index is 12.6. The van der Waals surface area contributed by atoms with Gasteiger partial charge >= 0.3 is 0 Å². The molecule has 0 aliphatic heterocycles. The van der Waals surface area contributed by atoms with Crippen molar-refractivity contribution in [2.24, 2.45) is 0 Å². The number of carbonyl (C=O) groups is 1. The minimum Gasteiger partial charge on any atom is -0.335 e. The van der Waals surface area contributed by atoms with Crippen LogP contribution in [0.5, 0.6) is 0 Å². The van der Waals surface area contributed by atoms with Crippen LogP contribution in [0.3, 0.4) is 0 Å². The van der Waals surface area contributed by atoms with Crippen LogP contribution in [-0.4, -0.2) is 17.9 Å². The predicted molar refractivity (Wildman–Crippen MR) is 88.0 cm³/mol. The lowest BCUT2D eigenvalue weighted by Gasteiger charge is -2.25. The zero-order chi connectivity index (χ0) is 15.4. The number of nitrogens with zero attached hydrogens (tertiary/aromatic N) is 1. The lowest BCUT2D eigenvalue weighted by molar-refractivity contribution is 0.0742. The highest BCUT2D eigenvalue weighted by atomic mass is 35.5. The van der Waals surface area contributed by atoms with E-state index in [0.29, 0.717) is 16.5 Å². The van der Waals surface area contributed by atoms with Gasteiger partial charge in [0.15, 0.2) is 0 Å². The molecule has 0 aliphatic carbocycles. The van der Waals surface area contributed by atoms with Gasteiger partial charge in [-0.15, -0.1) is 11.6 Å². The van der Waals surface area contributed by atoms with Crippen LogP contribution in [0.4, 0.5) is 0 Å². The van der Waals surface area contributed by atoms with Gasteiger partial charge in [-0.05, 0) is 42.3 Å². The Kier molecular flexibility index (Phi) is 5.27.